The highest BCUT2D eigenvalue weighted by atomic mass is 16.5. The lowest BCUT2D eigenvalue weighted by molar-refractivity contribution is -0.00593. The maximum absolute atomic E-state index is 11.5. The molecule has 2 fully saturated rings. The molecule has 2 atom stereocenters. The molecule has 0 N–H and O–H groups in total. The lowest BCUT2D eigenvalue weighted by Crippen LogP contribution is -2.48. The van der Waals surface area contributed by atoms with E-state index in [2.05, 4.69) is 4.90 Å². The third-order valence-electron chi connectivity index (χ3n) is 4.88. The highest BCUT2D eigenvalue weighted by Crippen LogP contribution is 2.31. The first-order chi connectivity index (χ1) is 10.8. The Morgan fingerprint density at radius 3 is 2.91 bits per heavy atom. The van der Waals surface area contributed by atoms with E-state index >= 15 is 0 Å². The molecule has 2 heterocycles. The maximum Gasteiger partial charge on any atom is 0.338 e. The summed E-state index contributed by atoms with van der Waals surface area (Å²) in [6.45, 7) is 4.00. The summed E-state index contributed by atoms with van der Waals surface area (Å²) in [4.78, 5) is 14.0. The number of benzene rings is 1. The van der Waals surface area contributed by atoms with Gasteiger partial charge in [-0.3, -0.25) is 4.90 Å². The molecule has 1 saturated carbocycles. The van der Waals surface area contributed by atoms with Crippen LogP contribution in [-0.2, 0) is 16.1 Å². The van der Waals surface area contributed by atoms with Crippen LogP contribution in [0.4, 0.5) is 0 Å². The lowest BCUT2D eigenvalue weighted by atomic mass is 10.1. The summed E-state index contributed by atoms with van der Waals surface area (Å²) in [6.07, 6.45) is 3.72. The number of nitrogens with zero attached hydrogens (tertiary/aromatic N) is 1. The van der Waals surface area contributed by atoms with Crippen LogP contribution in [-0.4, -0.2) is 49.3 Å². The highest BCUT2D eigenvalue weighted by Gasteiger charge is 2.34. The Morgan fingerprint density at radius 1 is 1.18 bits per heavy atom. The van der Waals surface area contributed by atoms with Gasteiger partial charge >= 0.3 is 5.97 Å². The Kier molecular flexibility index (Phi) is 3.76. The molecule has 3 aliphatic rings. The van der Waals surface area contributed by atoms with E-state index in [1.807, 2.05) is 18.2 Å². The summed E-state index contributed by atoms with van der Waals surface area (Å²) in [5.74, 6) is 0.621. The van der Waals surface area contributed by atoms with E-state index in [1.54, 1.807) is 0 Å². The van der Waals surface area contributed by atoms with E-state index < -0.39 is 0 Å². The second-order valence-electron chi connectivity index (χ2n) is 6.20. The number of carbonyl (C=O) groups excluding carboxylic acids is 1. The van der Waals surface area contributed by atoms with Gasteiger partial charge in [0.05, 0.1) is 18.8 Å². The molecule has 4 rings (SSSR count). The van der Waals surface area contributed by atoms with Gasteiger partial charge in [-0.2, -0.15) is 0 Å². The van der Waals surface area contributed by atoms with Gasteiger partial charge in [-0.15, -0.1) is 0 Å². The van der Waals surface area contributed by atoms with Crippen molar-refractivity contribution >= 4 is 5.97 Å². The molecular weight excluding hydrogens is 282 g/mol. The van der Waals surface area contributed by atoms with Crippen molar-refractivity contribution in [1.29, 1.82) is 0 Å². The minimum Gasteiger partial charge on any atom is -0.489 e. The summed E-state index contributed by atoms with van der Waals surface area (Å²) < 4.78 is 16.7. The second-order valence-corrected chi connectivity index (χ2v) is 6.20. The van der Waals surface area contributed by atoms with E-state index in [-0.39, 0.29) is 12.1 Å². The number of carbonyl (C=O) groups is 1. The first-order valence-electron chi connectivity index (χ1n) is 8.10. The van der Waals surface area contributed by atoms with Crippen LogP contribution in [0.3, 0.4) is 0 Å². The predicted molar refractivity (Wildman–Crippen MR) is 80.0 cm³/mol. The molecular formula is C17H21NO4. The topological polar surface area (TPSA) is 48.0 Å². The van der Waals surface area contributed by atoms with Gasteiger partial charge in [-0.05, 0) is 37.5 Å². The molecule has 0 aromatic heterocycles. The summed E-state index contributed by atoms with van der Waals surface area (Å²) in [5.41, 5.74) is 1.60. The minimum atomic E-state index is -0.228. The standard InChI is InChI=1S/C17H21NO4/c19-17-14-5-4-13(10-12(14)11-21-17)22-16-3-1-2-15(16)18-6-8-20-9-7-18/h4-5,10,15-16H,1-3,6-9,11H2/t15-,16-/m0/s1. The van der Waals surface area contributed by atoms with Crippen molar-refractivity contribution in [3.05, 3.63) is 29.3 Å². The molecule has 1 saturated heterocycles. The fourth-order valence-corrected chi connectivity index (χ4v) is 3.73. The summed E-state index contributed by atoms with van der Waals surface area (Å²) >= 11 is 0. The lowest BCUT2D eigenvalue weighted by Gasteiger charge is -2.35. The number of rotatable bonds is 3. The minimum absolute atomic E-state index is 0.228. The van der Waals surface area contributed by atoms with Gasteiger partial charge in [0.1, 0.15) is 18.5 Å². The van der Waals surface area contributed by atoms with Crippen molar-refractivity contribution in [2.45, 2.75) is 38.0 Å². The van der Waals surface area contributed by atoms with Crippen LogP contribution in [0.5, 0.6) is 5.75 Å². The number of ether oxygens (including phenoxy) is 3. The quantitative estimate of drug-likeness (QED) is 0.799. The van der Waals surface area contributed by atoms with Gasteiger partial charge in [-0.1, -0.05) is 0 Å². The van der Waals surface area contributed by atoms with Crippen molar-refractivity contribution < 1.29 is 19.0 Å². The number of cyclic esters (lactones) is 1. The van der Waals surface area contributed by atoms with Crippen LogP contribution in [0.1, 0.15) is 35.2 Å². The Balaban J connectivity index is 1.47. The molecule has 1 aromatic carbocycles. The van der Waals surface area contributed by atoms with Gasteiger partial charge in [0.25, 0.3) is 0 Å². The number of fused-ring (bicyclic) bond motifs is 1. The fourth-order valence-electron chi connectivity index (χ4n) is 3.73. The zero-order chi connectivity index (χ0) is 14.9. The summed E-state index contributed by atoms with van der Waals surface area (Å²) in [7, 11) is 0. The van der Waals surface area contributed by atoms with Crippen molar-refractivity contribution in [3.8, 4) is 5.75 Å². The molecule has 0 radical (unpaired) electrons. The third-order valence-corrected chi connectivity index (χ3v) is 4.88. The molecule has 1 aliphatic carbocycles. The first-order valence-corrected chi connectivity index (χ1v) is 8.10. The maximum atomic E-state index is 11.5. The van der Waals surface area contributed by atoms with Crippen molar-refractivity contribution in [3.63, 3.8) is 0 Å². The smallest absolute Gasteiger partial charge is 0.338 e. The Morgan fingerprint density at radius 2 is 2.05 bits per heavy atom. The highest BCUT2D eigenvalue weighted by molar-refractivity contribution is 5.93. The Labute approximate surface area is 130 Å². The zero-order valence-corrected chi connectivity index (χ0v) is 12.6. The van der Waals surface area contributed by atoms with Crippen molar-refractivity contribution in [2.75, 3.05) is 26.3 Å². The van der Waals surface area contributed by atoms with Gasteiger partial charge in [0.2, 0.25) is 0 Å². The van der Waals surface area contributed by atoms with Gasteiger partial charge in [0.15, 0.2) is 0 Å². The molecule has 5 heteroatoms. The van der Waals surface area contributed by atoms with Crippen molar-refractivity contribution in [1.82, 2.24) is 4.90 Å². The van der Waals surface area contributed by atoms with E-state index in [0.29, 0.717) is 18.2 Å². The summed E-state index contributed by atoms with van der Waals surface area (Å²) in [6, 6.07) is 6.14. The Bertz CT molecular complexity index is 568. The second kappa shape index (κ2) is 5.89. The largest absolute Gasteiger partial charge is 0.489 e. The van der Waals surface area contributed by atoms with E-state index in [9.17, 15) is 4.79 Å². The molecule has 2 aliphatic heterocycles. The fraction of sp³-hybridized carbons (Fsp3) is 0.588. The van der Waals surface area contributed by atoms with Crippen LogP contribution in [0, 0.1) is 0 Å². The third kappa shape index (κ3) is 2.59. The van der Waals surface area contributed by atoms with Crippen LogP contribution in [0.2, 0.25) is 0 Å². The SMILES string of the molecule is O=C1OCc2cc(O[C@H]3CCC[C@@H]3N3CCOCC3)ccc21. The molecule has 0 amide bonds. The molecule has 5 nitrogen and oxygen atoms in total. The van der Waals surface area contributed by atoms with Gasteiger partial charge in [0, 0.05) is 24.7 Å². The molecule has 0 spiro atoms. The average molecular weight is 303 g/mol. The average Bonchev–Trinajstić information content (AvgIpc) is 3.15. The number of hydrogen-bond acceptors (Lipinski definition) is 5. The van der Waals surface area contributed by atoms with Crippen LogP contribution in [0.25, 0.3) is 0 Å². The van der Waals surface area contributed by atoms with E-state index in [1.165, 1.54) is 12.8 Å². The molecule has 22 heavy (non-hydrogen) atoms. The van der Waals surface area contributed by atoms with Crippen molar-refractivity contribution in [2.24, 2.45) is 0 Å². The van der Waals surface area contributed by atoms with Crippen LogP contribution < -0.4 is 4.74 Å². The monoisotopic (exact) mass is 303 g/mol. The normalized spacial score (nSPS) is 28.5. The zero-order valence-electron chi connectivity index (χ0n) is 12.6. The summed E-state index contributed by atoms with van der Waals surface area (Å²) in [5, 5.41) is 0. The number of morpholine rings is 1. The molecule has 118 valence electrons. The first kappa shape index (κ1) is 14.0. The molecule has 1 aromatic rings. The van der Waals surface area contributed by atoms with Gasteiger partial charge in [-0.25, -0.2) is 4.79 Å². The number of esters is 1. The molecule has 0 unspecified atom stereocenters. The van der Waals surface area contributed by atoms with Crippen LogP contribution >= 0.6 is 0 Å². The predicted octanol–water partition coefficient (Wildman–Crippen LogP) is 1.99. The molecule has 0 bridgehead atoms. The van der Waals surface area contributed by atoms with E-state index in [0.717, 1.165) is 44.0 Å². The van der Waals surface area contributed by atoms with E-state index in [4.69, 9.17) is 14.2 Å². The number of hydrogen-bond donors (Lipinski definition) is 0. The van der Waals surface area contributed by atoms with Crippen LogP contribution in [0.15, 0.2) is 18.2 Å². The Hall–Kier alpha value is -1.59. The van der Waals surface area contributed by atoms with Gasteiger partial charge < -0.3 is 14.2 Å².